The molecule has 6 heteroatoms. The van der Waals surface area contributed by atoms with Gasteiger partial charge in [0.25, 0.3) is 0 Å². The number of benzene rings is 1. The van der Waals surface area contributed by atoms with Crippen molar-refractivity contribution in [2.45, 2.75) is 38.5 Å². The predicted octanol–water partition coefficient (Wildman–Crippen LogP) is 2.40. The van der Waals surface area contributed by atoms with Gasteiger partial charge in [-0.2, -0.15) is 0 Å². The molecule has 2 rings (SSSR count). The molecular weight excluding hydrogens is 296 g/mol. The molecule has 0 aliphatic heterocycles. The van der Waals surface area contributed by atoms with Gasteiger partial charge < -0.3 is 16.2 Å². The van der Waals surface area contributed by atoms with Gasteiger partial charge in [0, 0.05) is 11.3 Å². The Kier molecular flexibility index (Phi) is 5.73. The summed E-state index contributed by atoms with van der Waals surface area (Å²) in [5.41, 5.74) is 5.94. The van der Waals surface area contributed by atoms with Crippen LogP contribution in [0.3, 0.4) is 0 Å². The first-order valence-corrected chi connectivity index (χ1v) is 7.91. The summed E-state index contributed by atoms with van der Waals surface area (Å²) in [7, 11) is 0. The number of carbonyl (C=O) groups excluding carboxylic acids is 2. The molecule has 0 spiro atoms. The molecule has 0 bridgehead atoms. The number of aliphatic carboxylic acids is 1. The van der Waals surface area contributed by atoms with Gasteiger partial charge >= 0.3 is 5.97 Å². The molecule has 0 aromatic heterocycles. The molecule has 124 valence electrons. The van der Waals surface area contributed by atoms with E-state index < -0.39 is 23.7 Å². The molecule has 1 atom stereocenters. The maximum atomic E-state index is 12.3. The van der Waals surface area contributed by atoms with Crippen molar-refractivity contribution in [3.63, 3.8) is 0 Å². The van der Waals surface area contributed by atoms with Crippen molar-refractivity contribution in [1.29, 1.82) is 0 Å². The van der Waals surface area contributed by atoms with Crippen LogP contribution < -0.4 is 11.1 Å². The van der Waals surface area contributed by atoms with Crippen LogP contribution in [0.25, 0.3) is 0 Å². The molecule has 2 amide bonds. The highest BCUT2D eigenvalue weighted by atomic mass is 16.4. The standard InChI is InChI=1S/C17H22N2O4/c18-15(20)12-6-8-13(9-7-12)19-16(21)14(17(22)23)10-11-4-2-1-3-5-11/h6-9,11,14H,1-5,10H2,(H2,18,20)(H,19,21)(H,22,23). The van der Waals surface area contributed by atoms with Crippen LogP contribution in [0.15, 0.2) is 24.3 Å². The highest BCUT2D eigenvalue weighted by Gasteiger charge is 2.30. The van der Waals surface area contributed by atoms with Gasteiger partial charge in [-0.15, -0.1) is 0 Å². The van der Waals surface area contributed by atoms with Crippen molar-refractivity contribution in [3.8, 4) is 0 Å². The van der Waals surface area contributed by atoms with Gasteiger partial charge in [-0.3, -0.25) is 14.4 Å². The molecule has 1 aromatic carbocycles. The summed E-state index contributed by atoms with van der Waals surface area (Å²) in [5, 5.41) is 12.0. The lowest BCUT2D eigenvalue weighted by Crippen LogP contribution is -2.31. The summed E-state index contributed by atoms with van der Waals surface area (Å²) < 4.78 is 0. The van der Waals surface area contributed by atoms with Crippen LogP contribution in [0.4, 0.5) is 5.69 Å². The van der Waals surface area contributed by atoms with Crippen LogP contribution in [-0.2, 0) is 9.59 Å². The molecule has 0 radical (unpaired) electrons. The van der Waals surface area contributed by atoms with Crippen LogP contribution in [0, 0.1) is 11.8 Å². The van der Waals surface area contributed by atoms with Crippen molar-refractivity contribution in [2.75, 3.05) is 5.32 Å². The summed E-state index contributed by atoms with van der Waals surface area (Å²) in [6, 6.07) is 6.07. The first kappa shape index (κ1) is 17.0. The molecule has 1 unspecified atom stereocenters. The van der Waals surface area contributed by atoms with E-state index in [9.17, 15) is 19.5 Å². The Morgan fingerprint density at radius 2 is 1.74 bits per heavy atom. The van der Waals surface area contributed by atoms with Gasteiger partial charge in [0.1, 0.15) is 5.92 Å². The zero-order chi connectivity index (χ0) is 16.8. The number of nitrogens with one attached hydrogen (secondary N) is 1. The molecule has 1 aromatic rings. The van der Waals surface area contributed by atoms with E-state index in [4.69, 9.17) is 5.73 Å². The summed E-state index contributed by atoms with van der Waals surface area (Å²) >= 11 is 0. The number of carboxylic acids is 1. The molecule has 23 heavy (non-hydrogen) atoms. The Morgan fingerprint density at radius 3 is 2.26 bits per heavy atom. The fraction of sp³-hybridized carbons (Fsp3) is 0.471. The van der Waals surface area contributed by atoms with Crippen molar-refractivity contribution in [3.05, 3.63) is 29.8 Å². The Bertz CT molecular complexity index is 577. The van der Waals surface area contributed by atoms with Gasteiger partial charge in [0.05, 0.1) is 0 Å². The van der Waals surface area contributed by atoms with E-state index in [0.717, 1.165) is 25.7 Å². The highest BCUT2D eigenvalue weighted by Crippen LogP contribution is 2.29. The van der Waals surface area contributed by atoms with E-state index in [1.165, 1.54) is 30.7 Å². The van der Waals surface area contributed by atoms with Crippen LogP contribution in [0.1, 0.15) is 48.9 Å². The van der Waals surface area contributed by atoms with E-state index in [1.54, 1.807) is 0 Å². The van der Waals surface area contributed by atoms with Crippen molar-refractivity contribution in [2.24, 2.45) is 17.6 Å². The number of hydrogen-bond donors (Lipinski definition) is 3. The zero-order valence-electron chi connectivity index (χ0n) is 13.0. The maximum absolute atomic E-state index is 12.3. The van der Waals surface area contributed by atoms with Crippen LogP contribution in [0.5, 0.6) is 0 Å². The average Bonchev–Trinajstić information content (AvgIpc) is 2.53. The molecule has 4 N–H and O–H groups in total. The third-order valence-electron chi connectivity index (χ3n) is 4.35. The number of carbonyl (C=O) groups is 3. The SMILES string of the molecule is NC(=O)c1ccc(NC(=O)C(CC2CCCCC2)C(=O)O)cc1. The molecule has 0 heterocycles. The number of carboxylic acid groups (broad SMARTS) is 1. The summed E-state index contributed by atoms with van der Waals surface area (Å²) in [6.07, 6.45) is 5.75. The van der Waals surface area contributed by atoms with Crippen molar-refractivity contribution >= 4 is 23.5 Å². The zero-order valence-corrected chi connectivity index (χ0v) is 13.0. The third kappa shape index (κ3) is 4.81. The van der Waals surface area contributed by atoms with E-state index in [1.807, 2.05) is 0 Å². The monoisotopic (exact) mass is 318 g/mol. The Hall–Kier alpha value is -2.37. The van der Waals surface area contributed by atoms with Crippen LogP contribution in [0.2, 0.25) is 0 Å². The third-order valence-corrected chi connectivity index (χ3v) is 4.35. The molecule has 0 saturated heterocycles. The van der Waals surface area contributed by atoms with Crippen molar-refractivity contribution in [1.82, 2.24) is 0 Å². The van der Waals surface area contributed by atoms with Gasteiger partial charge in [-0.25, -0.2) is 0 Å². The van der Waals surface area contributed by atoms with E-state index in [0.29, 0.717) is 23.6 Å². The van der Waals surface area contributed by atoms with Gasteiger partial charge in [0.2, 0.25) is 11.8 Å². The van der Waals surface area contributed by atoms with Crippen molar-refractivity contribution < 1.29 is 19.5 Å². The lowest BCUT2D eigenvalue weighted by molar-refractivity contribution is -0.146. The minimum Gasteiger partial charge on any atom is -0.481 e. The van der Waals surface area contributed by atoms with Gasteiger partial charge in [-0.05, 0) is 36.6 Å². The largest absolute Gasteiger partial charge is 0.481 e. The topological polar surface area (TPSA) is 109 Å². The maximum Gasteiger partial charge on any atom is 0.316 e. The lowest BCUT2D eigenvalue weighted by atomic mass is 9.82. The molecule has 1 aliphatic rings. The molecule has 6 nitrogen and oxygen atoms in total. The second-order valence-corrected chi connectivity index (χ2v) is 6.06. The van der Waals surface area contributed by atoms with E-state index >= 15 is 0 Å². The molecule has 1 saturated carbocycles. The first-order chi connectivity index (χ1) is 11.0. The highest BCUT2D eigenvalue weighted by molar-refractivity contribution is 6.04. The Labute approximate surface area is 135 Å². The second-order valence-electron chi connectivity index (χ2n) is 6.06. The number of primary amides is 1. The predicted molar refractivity (Wildman–Crippen MR) is 85.9 cm³/mol. The summed E-state index contributed by atoms with van der Waals surface area (Å²) in [6.45, 7) is 0. The fourth-order valence-corrected chi connectivity index (χ4v) is 3.02. The van der Waals surface area contributed by atoms with Crippen LogP contribution in [-0.4, -0.2) is 22.9 Å². The van der Waals surface area contributed by atoms with E-state index in [2.05, 4.69) is 5.32 Å². The lowest BCUT2D eigenvalue weighted by Gasteiger charge is -2.24. The quantitative estimate of drug-likeness (QED) is 0.699. The molecule has 1 fully saturated rings. The number of hydrogen-bond acceptors (Lipinski definition) is 3. The first-order valence-electron chi connectivity index (χ1n) is 7.91. The Morgan fingerprint density at radius 1 is 1.13 bits per heavy atom. The Balaban J connectivity index is 1.99. The smallest absolute Gasteiger partial charge is 0.316 e. The van der Waals surface area contributed by atoms with Gasteiger partial charge in [-0.1, -0.05) is 32.1 Å². The molecular formula is C17H22N2O4. The number of nitrogens with two attached hydrogens (primary N) is 1. The number of rotatable bonds is 6. The minimum absolute atomic E-state index is 0.299. The number of amides is 2. The minimum atomic E-state index is -1.10. The van der Waals surface area contributed by atoms with Crippen LogP contribution >= 0.6 is 0 Å². The normalized spacial score (nSPS) is 16.5. The second kappa shape index (κ2) is 7.76. The average molecular weight is 318 g/mol. The fourth-order valence-electron chi connectivity index (χ4n) is 3.02. The number of anilines is 1. The van der Waals surface area contributed by atoms with Gasteiger partial charge in [0.15, 0.2) is 0 Å². The summed E-state index contributed by atoms with van der Waals surface area (Å²) in [4.78, 5) is 34.7. The summed E-state index contributed by atoms with van der Waals surface area (Å²) in [5.74, 6) is -2.91. The van der Waals surface area contributed by atoms with E-state index in [-0.39, 0.29) is 0 Å². The molecule has 1 aliphatic carbocycles.